The van der Waals surface area contributed by atoms with E-state index in [1.807, 2.05) is 0 Å². The molecule has 0 bridgehead atoms. The van der Waals surface area contributed by atoms with Gasteiger partial charge in [0.05, 0.1) is 0 Å². The molecule has 1 unspecified atom stereocenters. The minimum Gasteiger partial charge on any atom is -0.343 e. The van der Waals surface area contributed by atoms with Crippen molar-refractivity contribution in [1.82, 2.24) is 20.0 Å². The molecule has 0 aliphatic heterocycles. The Morgan fingerprint density at radius 3 is 2.73 bits per heavy atom. The van der Waals surface area contributed by atoms with Crippen molar-refractivity contribution in [2.24, 2.45) is 5.92 Å². The number of fused-ring (bicyclic) bond motifs is 2. The summed E-state index contributed by atoms with van der Waals surface area (Å²) in [5, 5.41) is 11.1. The third-order valence-corrected chi connectivity index (χ3v) is 5.95. The van der Waals surface area contributed by atoms with Gasteiger partial charge >= 0.3 is 0 Å². The lowest BCUT2D eigenvalue weighted by molar-refractivity contribution is 0.0819. The maximum absolute atomic E-state index is 12.8. The van der Waals surface area contributed by atoms with Gasteiger partial charge in [-0.15, -0.1) is 0 Å². The number of carbonyl (C=O) groups is 1. The molecule has 1 heterocycles. The molecule has 3 aromatic rings. The molecule has 1 aromatic heterocycles. The molecular formula is C25H32N4O. The Hall–Kier alpha value is -2.66. The van der Waals surface area contributed by atoms with E-state index in [-0.39, 0.29) is 5.91 Å². The lowest BCUT2D eigenvalue weighted by Crippen LogP contribution is -2.35. The van der Waals surface area contributed by atoms with Crippen molar-refractivity contribution in [3.8, 4) is 0 Å². The standard InChI is InChI=1S/C25H32N4O/c1-17(2)16-29-23-13-12-20(14-22(23)24(27-29)25(30)28(3)4)26-15-19-10-7-9-18-8-5-6-11-21(18)19/h5-11,17,20,26H,12-16H2,1-4H3. The van der Waals surface area contributed by atoms with Gasteiger partial charge in [0, 0.05) is 44.5 Å². The molecule has 0 spiro atoms. The summed E-state index contributed by atoms with van der Waals surface area (Å²) in [5.41, 5.74) is 4.33. The summed E-state index contributed by atoms with van der Waals surface area (Å²) in [6.45, 7) is 6.08. The van der Waals surface area contributed by atoms with Crippen molar-refractivity contribution in [1.29, 1.82) is 0 Å². The summed E-state index contributed by atoms with van der Waals surface area (Å²) < 4.78 is 2.08. The Kier molecular flexibility index (Phi) is 5.91. The van der Waals surface area contributed by atoms with Gasteiger partial charge in [-0.25, -0.2) is 0 Å². The second-order valence-corrected chi connectivity index (χ2v) is 9.01. The molecule has 0 saturated carbocycles. The molecule has 1 aliphatic carbocycles. The minimum atomic E-state index is 0.00320. The van der Waals surface area contributed by atoms with Gasteiger partial charge in [0.2, 0.25) is 0 Å². The van der Waals surface area contributed by atoms with Crippen molar-refractivity contribution in [3.05, 3.63) is 65.0 Å². The summed E-state index contributed by atoms with van der Waals surface area (Å²) in [5.74, 6) is 0.502. The van der Waals surface area contributed by atoms with E-state index in [4.69, 9.17) is 5.10 Å². The molecular weight excluding hydrogens is 372 g/mol. The Balaban J connectivity index is 1.55. The number of aromatic nitrogens is 2. The summed E-state index contributed by atoms with van der Waals surface area (Å²) in [6.07, 6.45) is 2.88. The van der Waals surface area contributed by atoms with Crippen LogP contribution in [0.1, 0.15) is 47.6 Å². The normalized spacial score (nSPS) is 16.1. The minimum absolute atomic E-state index is 0.00320. The summed E-state index contributed by atoms with van der Waals surface area (Å²) in [6, 6.07) is 15.4. The zero-order valence-electron chi connectivity index (χ0n) is 18.5. The van der Waals surface area contributed by atoms with E-state index in [0.29, 0.717) is 17.7 Å². The lowest BCUT2D eigenvalue weighted by Gasteiger charge is -2.25. The van der Waals surface area contributed by atoms with Crippen LogP contribution >= 0.6 is 0 Å². The monoisotopic (exact) mass is 404 g/mol. The molecule has 5 nitrogen and oxygen atoms in total. The number of carbonyl (C=O) groups excluding carboxylic acids is 1. The van der Waals surface area contributed by atoms with Crippen LogP contribution in [0.4, 0.5) is 0 Å². The summed E-state index contributed by atoms with van der Waals surface area (Å²) in [4.78, 5) is 14.4. The molecule has 30 heavy (non-hydrogen) atoms. The van der Waals surface area contributed by atoms with Gasteiger partial charge in [0.1, 0.15) is 0 Å². The van der Waals surface area contributed by atoms with E-state index in [2.05, 4.69) is 66.3 Å². The molecule has 0 fully saturated rings. The average Bonchev–Trinajstić information content (AvgIpc) is 3.08. The van der Waals surface area contributed by atoms with Gasteiger partial charge in [-0.1, -0.05) is 56.3 Å². The second-order valence-electron chi connectivity index (χ2n) is 9.01. The van der Waals surface area contributed by atoms with Crippen molar-refractivity contribution >= 4 is 16.7 Å². The summed E-state index contributed by atoms with van der Waals surface area (Å²) in [7, 11) is 3.60. The van der Waals surface area contributed by atoms with Gasteiger partial charge in [-0.05, 0) is 41.5 Å². The van der Waals surface area contributed by atoms with E-state index in [9.17, 15) is 4.79 Å². The van der Waals surface area contributed by atoms with Crippen molar-refractivity contribution < 1.29 is 4.79 Å². The van der Waals surface area contributed by atoms with Crippen LogP contribution in [-0.4, -0.2) is 40.7 Å². The highest BCUT2D eigenvalue weighted by Crippen LogP contribution is 2.27. The first kappa shape index (κ1) is 20.6. The number of nitrogens with zero attached hydrogens (tertiary/aromatic N) is 3. The summed E-state index contributed by atoms with van der Waals surface area (Å²) >= 11 is 0. The molecule has 5 heteroatoms. The Labute approximate surface area is 179 Å². The molecule has 1 atom stereocenters. The number of nitrogens with one attached hydrogen (secondary N) is 1. The third-order valence-electron chi connectivity index (χ3n) is 5.95. The van der Waals surface area contributed by atoms with Crippen LogP contribution in [0, 0.1) is 5.92 Å². The van der Waals surface area contributed by atoms with Crippen LogP contribution < -0.4 is 5.32 Å². The molecule has 2 aromatic carbocycles. The Morgan fingerprint density at radius 2 is 1.97 bits per heavy atom. The fourth-order valence-corrected chi connectivity index (χ4v) is 4.44. The number of amides is 1. The maximum atomic E-state index is 12.8. The van der Waals surface area contributed by atoms with Crippen LogP contribution in [0.15, 0.2) is 42.5 Å². The topological polar surface area (TPSA) is 50.2 Å². The zero-order valence-corrected chi connectivity index (χ0v) is 18.5. The van der Waals surface area contributed by atoms with Crippen LogP contribution in [0.3, 0.4) is 0 Å². The van der Waals surface area contributed by atoms with E-state index < -0.39 is 0 Å². The highest BCUT2D eigenvalue weighted by molar-refractivity contribution is 5.93. The van der Waals surface area contributed by atoms with Crippen LogP contribution in [0.2, 0.25) is 0 Å². The van der Waals surface area contributed by atoms with Crippen LogP contribution in [0.25, 0.3) is 10.8 Å². The number of rotatable bonds is 6. The van der Waals surface area contributed by atoms with Crippen molar-refractivity contribution in [3.63, 3.8) is 0 Å². The second kappa shape index (κ2) is 8.60. The van der Waals surface area contributed by atoms with E-state index in [1.54, 1.807) is 19.0 Å². The molecule has 1 N–H and O–H groups in total. The van der Waals surface area contributed by atoms with Gasteiger partial charge in [0.15, 0.2) is 5.69 Å². The first-order valence-corrected chi connectivity index (χ1v) is 10.9. The SMILES string of the molecule is CC(C)Cn1nc(C(=O)N(C)C)c2c1CCC(NCc1cccc3ccccc13)C2. The zero-order chi connectivity index (χ0) is 21.3. The Bertz CT molecular complexity index is 1050. The number of hydrogen-bond acceptors (Lipinski definition) is 3. The lowest BCUT2D eigenvalue weighted by atomic mass is 9.90. The molecule has 0 radical (unpaired) electrons. The van der Waals surface area contributed by atoms with Crippen LogP contribution in [-0.2, 0) is 25.9 Å². The average molecular weight is 405 g/mol. The van der Waals surface area contributed by atoms with Crippen LogP contribution in [0.5, 0.6) is 0 Å². The molecule has 1 aliphatic rings. The van der Waals surface area contributed by atoms with E-state index >= 15 is 0 Å². The molecule has 158 valence electrons. The van der Waals surface area contributed by atoms with Gasteiger partial charge in [0.25, 0.3) is 5.91 Å². The molecule has 1 amide bonds. The Morgan fingerprint density at radius 1 is 1.20 bits per heavy atom. The van der Waals surface area contributed by atoms with Gasteiger partial charge in [-0.2, -0.15) is 5.10 Å². The fraction of sp³-hybridized carbons (Fsp3) is 0.440. The highest BCUT2D eigenvalue weighted by Gasteiger charge is 2.29. The first-order valence-electron chi connectivity index (χ1n) is 10.9. The first-order chi connectivity index (χ1) is 14.4. The van der Waals surface area contributed by atoms with Crippen molar-refractivity contribution in [2.75, 3.05) is 14.1 Å². The van der Waals surface area contributed by atoms with E-state index in [1.165, 1.54) is 22.0 Å². The van der Waals surface area contributed by atoms with Gasteiger partial charge in [-0.3, -0.25) is 9.48 Å². The molecule has 0 saturated heterocycles. The number of benzene rings is 2. The van der Waals surface area contributed by atoms with Crippen molar-refractivity contribution in [2.45, 2.75) is 52.2 Å². The van der Waals surface area contributed by atoms with Gasteiger partial charge < -0.3 is 10.2 Å². The third kappa shape index (κ3) is 4.12. The quantitative estimate of drug-likeness (QED) is 0.675. The smallest absolute Gasteiger partial charge is 0.274 e. The predicted octanol–water partition coefficient (Wildman–Crippen LogP) is 4.04. The van der Waals surface area contributed by atoms with E-state index in [0.717, 1.165) is 37.9 Å². The number of hydrogen-bond donors (Lipinski definition) is 1. The highest BCUT2D eigenvalue weighted by atomic mass is 16.2. The fourth-order valence-electron chi connectivity index (χ4n) is 4.44. The largest absolute Gasteiger partial charge is 0.343 e. The maximum Gasteiger partial charge on any atom is 0.274 e. The predicted molar refractivity (Wildman–Crippen MR) is 122 cm³/mol. The molecule has 4 rings (SSSR count).